The van der Waals surface area contributed by atoms with Crippen LogP contribution >= 0.6 is 0 Å². The van der Waals surface area contributed by atoms with Crippen LogP contribution in [-0.2, 0) is 11.3 Å². The lowest BCUT2D eigenvalue weighted by Crippen LogP contribution is -2.12. The van der Waals surface area contributed by atoms with Crippen LogP contribution in [0.2, 0.25) is 0 Å². The van der Waals surface area contributed by atoms with Gasteiger partial charge >= 0.3 is 11.9 Å². The van der Waals surface area contributed by atoms with Crippen molar-refractivity contribution in [2.45, 2.75) is 13.5 Å². The van der Waals surface area contributed by atoms with Crippen molar-refractivity contribution >= 4 is 17.6 Å². The smallest absolute Gasteiger partial charge is 0.343 e. The van der Waals surface area contributed by atoms with E-state index in [1.807, 2.05) is 30.3 Å². The average Bonchev–Trinajstić information content (AvgIpc) is 2.79. The molecule has 0 aliphatic heterocycles. The third-order valence-electron chi connectivity index (χ3n) is 4.16. The number of nitro groups is 1. The summed E-state index contributed by atoms with van der Waals surface area (Å²) in [4.78, 5) is 34.9. The van der Waals surface area contributed by atoms with Crippen molar-refractivity contribution in [2.24, 2.45) is 0 Å². The zero-order valence-corrected chi connectivity index (χ0v) is 16.6. The summed E-state index contributed by atoms with van der Waals surface area (Å²) in [6.07, 6.45) is 0. The topological polar surface area (TPSA) is 105 Å². The molecule has 0 radical (unpaired) electrons. The fourth-order valence-corrected chi connectivity index (χ4v) is 2.68. The van der Waals surface area contributed by atoms with Crippen LogP contribution in [0.25, 0.3) is 0 Å². The summed E-state index contributed by atoms with van der Waals surface area (Å²) in [5.74, 6) is -0.794. The molecule has 0 N–H and O–H groups in total. The number of hydrogen-bond donors (Lipinski definition) is 0. The zero-order valence-electron chi connectivity index (χ0n) is 16.6. The van der Waals surface area contributed by atoms with Crippen LogP contribution in [0.3, 0.4) is 0 Å². The first-order valence-corrected chi connectivity index (χ1v) is 9.42. The molecule has 3 aromatic carbocycles. The Labute approximate surface area is 178 Å². The van der Waals surface area contributed by atoms with Gasteiger partial charge in [0.25, 0.3) is 5.69 Å². The van der Waals surface area contributed by atoms with Crippen molar-refractivity contribution < 1.29 is 28.7 Å². The van der Waals surface area contributed by atoms with Gasteiger partial charge in [-0.2, -0.15) is 0 Å². The van der Waals surface area contributed by atoms with Crippen molar-refractivity contribution in [1.82, 2.24) is 0 Å². The molecule has 0 fully saturated rings. The predicted molar refractivity (Wildman–Crippen MR) is 111 cm³/mol. The van der Waals surface area contributed by atoms with E-state index in [2.05, 4.69) is 0 Å². The highest BCUT2D eigenvalue weighted by Crippen LogP contribution is 2.22. The molecule has 0 saturated carbocycles. The van der Waals surface area contributed by atoms with Crippen LogP contribution < -0.4 is 9.47 Å². The molecular weight excluding hydrogens is 402 g/mol. The minimum atomic E-state index is -0.841. The molecule has 0 spiro atoms. The summed E-state index contributed by atoms with van der Waals surface area (Å²) in [6, 6.07) is 19.3. The number of benzene rings is 3. The molecule has 0 aromatic heterocycles. The Kier molecular flexibility index (Phi) is 6.95. The predicted octanol–water partition coefficient (Wildman–Crippen LogP) is 4.57. The number of non-ortho nitro benzene ring substituents is 1. The highest BCUT2D eigenvalue weighted by molar-refractivity contribution is 5.97. The molecule has 0 heterocycles. The van der Waals surface area contributed by atoms with Gasteiger partial charge in [-0.05, 0) is 42.8 Å². The van der Waals surface area contributed by atoms with E-state index < -0.39 is 22.5 Å². The van der Waals surface area contributed by atoms with Crippen molar-refractivity contribution in [2.75, 3.05) is 6.61 Å². The highest BCUT2D eigenvalue weighted by atomic mass is 16.6. The largest absolute Gasteiger partial charge is 0.489 e. The molecule has 3 aromatic rings. The summed E-state index contributed by atoms with van der Waals surface area (Å²) in [5.41, 5.74) is 0.359. The number of nitrogens with zero attached hydrogens (tertiary/aromatic N) is 1. The summed E-state index contributed by atoms with van der Waals surface area (Å²) in [7, 11) is 0. The van der Waals surface area contributed by atoms with Gasteiger partial charge in [0.15, 0.2) is 0 Å². The number of ether oxygens (including phenoxy) is 3. The molecule has 0 amide bonds. The second-order valence-electron chi connectivity index (χ2n) is 6.38. The van der Waals surface area contributed by atoms with Crippen LogP contribution in [-0.4, -0.2) is 23.5 Å². The van der Waals surface area contributed by atoms with E-state index in [0.717, 1.165) is 17.7 Å². The number of carbonyl (C=O) groups excluding carboxylic acids is 2. The van der Waals surface area contributed by atoms with E-state index in [9.17, 15) is 19.7 Å². The third-order valence-corrected chi connectivity index (χ3v) is 4.16. The van der Waals surface area contributed by atoms with E-state index in [-0.39, 0.29) is 23.5 Å². The molecule has 0 saturated heterocycles. The fourth-order valence-electron chi connectivity index (χ4n) is 2.68. The van der Waals surface area contributed by atoms with Crippen molar-refractivity contribution in [3.05, 3.63) is 99.6 Å². The monoisotopic (exact) mass is 421 g/mol. The van der Waals surface area contributed by atoms with Crippen molar-refractivity contribution in [1.29, 1.82) is 0 Å². The molecule has 0 bridgehead atoms. The zero-order chi connectivity index (χ0) is 22.2. The third kappa shape index (κ3) is 5.89. The quantitative estimate of drug-likeness (QED) is 0.227. The Balaban J connectivity index is 1.70. The second-order valence-corrected chi connectivity index (χ2v) is 6.38. The van der Waals surface area contributed by atoms with Crippen LogP contribution in [0.4, 0.5) is 5.69 Å². The fraction of sp³-hybridized carbons (Fsp3) is 0.130. The summed E-state index contributed by atoms with van der Waals surface area (Å²) >= 11 is 0. The standard InChI is InChI=1S/C23H19NO7/c1-2-29-22(25)17-12-18(14-19(13-17)24(27)28)23(26)31-21-10-8-20(9-11-21)30-15-16-6-4-3-5-7-16/h3-14H,2,15H2,1H3. The van der Waals surface area contributed by atoms with Gasteiger partial charge in [-0.25, -0.2) is 9.59 Å². The molecule has 3 rings (SSSR count). The Morgan fingerprint density at radius 2 is 1.48 bits per heavy atom. The first-order valence-electron chi connectivity index (χ1n) is 9.42. The maximum atomic E-state index is 12.5. The first kappa shape index (κ1) is 21.5. The van der Waals surface area contributed by atoms with Crippen molar-refractivity contribution in [3.8, 4) is 11.5 Å². The van der Waals surface area contributed by atoms with E-state index in [1.54, 1.807) is 31.2 Å². The lowest BCUT2D eigenvalue weighted by atomic mass is 10.1. The Bertz CT molecular complexity index is 1080. The highest BCUT2D eigenvalue weighted by Gasteiger charge is 2.20. The number of hydrogen-bond acceptors (Lipinski definition) is 7. The maximum absolute atomic E-state index is 12.5. The van der Waals surface area contributed by atoms with E-state index in [1.165, 1.54) is 6.07 Å². The summed E-state index contributed by atoms with van der Waals surface area (Å²) in [5, 5.41) is 11.2. The van der Waals surface area contributed by atoms with E-state index >= 15 is 0 Å². The molecular formula is C23H19NO7. The van der Waals surface area contributed by atoms with Gasteiger partial charge in [0.1, 0.15) is 18.1 Å². The number of esters is 2. The molecule has 0 atom stereocenters. The van der Waals surface area contributed by atoms with Gasteiger partial charge in [0.05, 0.1) is 22.7 Å². The number of nitro benzene ring substituents is 1. The Morgan fingerprint density at radius 1 is 0.871 bits per heavy atom. The van der Waals surface area contributed by atoms with Crippen LogP contribution in [0, 0.1) is 10.1 Å². The lowest BCUT2D eigenvalue weighted by Gasteiger charge is -2.09. The first-order chi connectivity index (χ1) is 15.0. The molecule has 8 nitrogen and oxygen atoms in total. The SMILES string of the molecule is CCOC(=O)c1cc(C(=O)Oc2ccc(OCc3ccccc3)cc2)cc([N+](=O)[O-])c1. The van der Waals surface area contributed by atoms with Gasteiger partial charge in [0.2, 0.25) is 0 Å². The molecule has 0 aliphatic rings. The summed E-state index contributed by atoms with van der Waals surface area (Å²) < 4.78 is 15.8. The summed E-state index contributed by atoms with van der Waals surface area (Å²) in [6.45, 7) is 2.10. The van der Waals surface area contributed by atoms with Gasteiger partial charge < -0.3 is 14.2 Å². The maximum Gasteiger partial charge on any atom is 0.343 e. The minimum absolute atomic E-state index is 0.0972. The molecule has 31 heavy (non-hydrogen) atoms. The molecule has 8 heteroatoms. The van der Waals surface area contributed by atoms with Gasteiger partial charge in [-0.3, -0.25) is 10.1 Å². The van der Waals surface area contributed by atoms with Gasteiger partial charge in [0, 0.05) is 12.1 Å². The van der Waals surface area contributed by atoms with Gasteiger partial charge in [-0.15, -0.1) is 0 Å². The van der Waals surface area contributed by atoms with Crippen molar-refractivity contribution in [3.63, 3.8) is 0 Å². The number of rotatable bonds is 8. The van der Waals surface area contributed by atoms with Gasteiger partial charge in [-0.1, -0.05) is 30.3 Å². The average molecular weight is 421 g/mol. The molecule has 0 aliphatic carbocycles. The van der Waals surface area contributed by atoms with Crippen LogP contribution in [0.5, 0.6) is 11.5 Å². The Hall–Kier alpha value is -4.20. The molecule has 158 valence electrons. The molecule has 0 unspecified atom stereocenters. The van der Waals surface area contributed by atoms with Crippen LogP contribution in [0.15, 0.2) is 72.8 Å². The van der Waals surface area contributed by atoms with Crippen LogP contribution in [0.1, 0.15) is 33.2 Å². The Morgan fingerprint density at radius 3 is 2.10 bits per heavy atom. The normalized spacial score (nSPS) is 10.2. The number of carbonyl (C=O) groups is 2. The second kappa shape index (κ2) is 10.0. The lowest BCUT2D eigenvalue weighted by molar-refractivity contribution is -0.384. The van der Waals surface area contributed by atoms with E-state index in [0.29, 0.717) is 12.4 Å². The minimum Gasteiger partial charge on any atom is -0.489 e. The van der Waals surface area contributed by atoms with E-state index in [4.69, 9.17) is 14.2 Å².